The van der Waals surface area contributed by atoms with Gasteiger partial charge in [0.2, 0.25) is 0 Å². The van der Waals surface area contributed by atoms with Crippen LogP contribution >= 0.6 is 31.3 Å². The van der Waals surface area contributed by atoms with E-state index in [-0.39, 0.29) is 38.6 Å². The van der Waals surface area contributed by atoms with Crippen LogP contribution < -0.4 is 0 Å². The maximum absolute atomic E-state index is 11.7. The van der Waals surface area contributed by atoms with Gasteiger partial charge in [0, 0.05) is 12.2 Å². The van der Waals surface area contributed by atoms with E-state index in [1.807, 2.05) is 0 Å². The average Bonchev–Trinajstić information content (AvgIpc) is 3.13. The quantitative estimate of drug-likeness (QED) is 0.0194. The van der Waals surface area contributed by atoms with Crippen LogP contribution in [0.15, 0.2) is 0 Å². The Morgan fingerprint density at radius 2 is 0.483 bits per heavy atom. The van der Waals surface area contributed by atoms with Crippen LogP contribution in [0.3, 0.4) is 0 Å². The van der Waals surface area contributed by atoms with E-state index in [0.717, 1.165) is 123 Å². The molecule has 4 atom stereocenters. The van der Waals surface area contributed by atoms with Crippen molar-refractivity contribution >= 4 is 31.3 Å². The number of hydrogen-bond donors (Lipinski definition) is 6. The van der Waals surface area contributed by atoms with E-state index >= 15 is 0 Å². The van der Waals surface area contributed by atoms with Crippen molar-refractivity contribution in [3.05, 3.63) is 0 Å². The Morgan fingerprint density at radius 1 is 0.350 bits per heavy atom. The van der Waals surface area contributed by atoms with Gasteiger partial charge in [-0.2, -0.15) is 8.62 Å². The average molecular weight is 989 g/mol. The molecule has 0 aliphatic rings. The van der Waals surface area contributed by atoms with Gasteiger partial charge >= 0.3 is 55.0 Å². The van der Waals surface area contributed by atoms with Gasteiger partial charge in [0.1, 0.15) is 0 Å². The molecule has 4 unspecified atom stereocenters. The van der Waals surface area contributed by atoms with Crippen molar-refractivity contribution < 1.29 is 98.5 Å². The third-order valence-corrected chi connectivity index (χ3v) is 12.8. The Hall–Kier alpha value is 0.954. The molecule has 0 aliphatic heterocycles. The Kier molecular flexibility index (Phi) is 57.6. The number of hydrogen-bond acceptors (Lipinski definition) is 13. The fourth-order valence-corrected chi connectivity index (χ4v) is 8.88. The predicted molar refractivity (Wildman–Crippen MR) is 234 cm³/mol. The zero-order valence-corrected chi connectivity index (χ0v) is 43.6. The fourth-order valence-electron chi connectivity index (χ4n) is 4.60. The maximum atomic E-state index is 11.7. The second kappa shape index (κ2) is 49.4. The first-order chi connectivity index (χ1) is 28.1. The standard InChI is InChI=1S/2C16H36O7P2.2C3H8O.O.Ti/c2*1-3-5-7-9-11-13-15-21-24(17,18)23-25(19,20)22-16-14-12-10-8-6-4-2;2*1-3(2)4;;/h2*3-16H2,1-2H3,(H,17,18)(H,19,20);2*3-4H,1-2H3;;. The van der Waals surface area contributed by atoms with Crippen LogP contribution in [0.1, 0.15) is 209 Å². The zero-order chi connectivity index (χ0) is 47.2. The second-order valence-electron chi connectivity index (χ2n) is 14.6. The third-order valence-electron chi connectivity index (χ3n) is 7.42. The van der Waals surface area contributed by atoms with Crippen LogP contribution in [0.5, 0.6) is 0 Å². The van der Waals surface area contributed by atoms with Gasteiger partial charge in [0.25, 0.3) is 0 Å². The summed E-state index contributed by atoms with van der Waals surface area (Å²) in [6, 6.07) is 0. The molecule has 0 heterocycles. The Bertz CT molecular complexity index is 919. The van der Waals surface area contributed by atoms with Gasteiger partial charge < -0.3 is 29.8 Å². The van der Waals surface area contributed by atoms with Crippen LogP contribution in [0.25, 0.3) is 0 Å². The Morgan fingerprint density at radius 3 is 0.633 bits per heavy atom. The summed E-state index contributed by atoms with van der Waals surface area (Å²) in [5.41, 5.74) is 0. The van der Waals surface area contributed by atoms with Gasteiger partial charge in [-0.25, -0.2) is 18.3 Å². The molecule has 0 aromatic carbocycles. The fraction of sp³-hybridized carbons (Fsp3) is 1.00. The monoisotopic (exact) mass is 988 g/mol. The molecule has 0 rings (SSSR count). The Labute approximate surface area is 376 Å². The SMILES string of the molecule is CC(C)O.CC(C)O.CCCCCCCCOP(=O)(O)OP(=O)(O)OCCCCCCCC.CCCCCCCCOP(=O)(O)OP(=O)(O)OCCCCCCCC.[O]=[Ti]. The van der Waals surface area contributed by atoms with Crippen LogP contribution in [-0.4, -0.2) is 68.4 Å². The van der Waals surface area contributed by atoms with Gasteiger partial charge in [-0.3, -0.25) is 18.1 Å². The molecule has 0 aromatic rings. The van der Waals surface area contributed by atoms with E-state index in [9.17, 15) is 37.8 Å². The molecule has 0 saturated heterocycles. The predicted octanol–water partition coefficient (Wildman–Crippen LogP) is 12.6. The summed E-state index contributed by atoms with van der Waals surface area (Å²) < 4.78 is 82.4. The normalized spacial score (nSPS) is 15.0. The molecular weight excluding hydrogens is 900 g/mol. The van der Waals surface area contributed by atoms with E-state index < -0.39 is 31.3 Å². The second-order valence-corrected chi connectivity index (χ2v) is 20.7. The number of phosphoric ester groups is 4. The molecule has 0 aromatic heterocycles. The summed E-state index contributed by atoms with van der Waals surface area (Å²) in [6.45, 7) is 15.5. The number of phosphoric acid groups is 4. The summed E-state index contributed by atoms with van der Waals surface area (Å²) in [4.78, 5) is 38.0. The Balaban J connectivity index is -0.000000274. The van der Waals surface area contributed by atoms with Crippen molar-refractivity contribution in [1.29, 1.82) is 0 Å². The molecule has 22 heteroatoms. The summed E-state index contributed by atoms with van der Waals surface area (Å²) in [6.07, 6.45) is 23.6. The van der Waals surface area contributed by atoms with E-state index in [1.165, 1.54) is 25.7 Å². The summed E-state index contributed by atoms with van der Waals surface area (Å²) >= 11 is 0.750. The molecule has 0 amide bonds. The topological polar surface area (TPSA) is 262 Å². The van der Waals surface area contributed by atoms with Crippen LogP contribution in [0.2, 0.25) is 0 Å². The van der Waals surface area contributed by atoms with Gasteiger partial charge in [-0.15, -0.1) is 0 Å². The van der Waals surface area contributed by atoms with Gasteiger partial charge in [-0.1, -0.05) is 156 Å². The third kappa shape index (κ3) is 70.6. The van der Waals surface area contributed by atoms with E-state index in [1.54, 1.807) is 27.7 Å². The first-order valence-corrected chi connectivity index (χ1v) is 28.6. The summed E-state index contributed by atoms with van der Waals surface area (Å²) in [5.74, 6) is 0. The van der Waals surface area contributed by atoms with Gasteiger partial charge in [0.05, 0.1) is 26.4 Å². The van der Waals surface area contributed by atoms with Gasteiger partial charge in [-0.05, 0) is 53.4 Å². The van der Waals surface area contributed by atoms with Crippen molar-refractivity contribution in [2.45, 2.75) is 222 Å². The minimum absolute atomic E-state index is 0.0112. The van der Waals surface area contributed by atoms with E-state index in [4.69, 9.17) is 31.6 Å². The minimum atomic E-state index is -4.58. The molecule has 0 aliphatic carbocycles. The van der Waals surface area contributed by atoms with Crippen LogP contribution in [0, 0.1) is 0 Å². The number of aliphatic hydroxyl groups is 2. The van der Waals surface area contributed by atoms with Crippen LogP contribution in [-0.2, 0) is 68.7 Å². The van der Waals surface area contributed by atoms with Crippen LogP contribution in [0.4, 0.5) is 0 Å². The number of unbranched alkanes of at least 4 members (excludes halogenated alkanes) is 20. The summed E-state index contributed by atoms with van der Waals surface area (Å²) in [5, 5.41) is 16.1. The van der Waals surface area contributed by atoms with Crippen molar-refractivity contribution in [1.82, 2.24) is 0 Å². The van der Waals surface area contributed by atoms with Crippen molar-refractivity contribution in [3.8, 4) is 0 Å². The molecule has 0 fully saturated rings. The molecular formula is C38H88O17P4Ti. The molecule has 0 radical (unpaired) electrons. The molecule has 0 bridgehead atoms. The first kappa shape index (κ1) is 70.0. The molecule has 6 N–H and O–H groups in total. The molecule has 366 valence electrons. The van der Waals surface area contributed by atoms with Crippen molar-refractivity contribution in [2.24, 2.45) is 0 Å². The molecule has 60 heavy (non-hydrogen) atoms. The van der Waals surface area contributed by atoms with E-state index in [2.05, 4.69) is 36.3 Å². The van der Waals surface area contributed by atoms with Crippen molar-refractivity contribution in [2.75, 3.05) is 26.4 Å². The molecule has 0 saturated carbocycles. The van der Waals surface area contributed by atoms with E-state index in [0.29, 0.717) is 25.7 Å². The van der Waals surface area contributed by atoms with Gasteiger partial charge in [0.15, 0.2) is 0 Å². The summed E-state index contributed by atoms with van der Waals surface area (Å²) in [7, 11) is -18.3. The molecule has 0 spiro atoms. The molecule has 17 nitrogen and oxygen atoms in total. The van der Waals surface area contributed by atoms with Crippen molar-refractivity contribution in [3.63, 3.8) is 0 Å². The number of aliphatic hydroxyl groups excluding tert-OH is 2. The first-order valence-electron chi connectivity index (χ1n) is 22.0. The number of rotatable bonds is 36. The zero-order valence-electron chi connectivity index (χ0n) is 38.4.